The topological polar surface area (TPSA) is 38.9 Å². The summed E-state index contributed by atoms with van der Waals surface area (Å²) in [6, 6.07) is 3.03. The first kappa shape index (κ1) is 8.14. The highest BCUT2D eigenvalue weighted by atomic mass is 19.1. The van der Waals surface area contributed by atoms with Crippen LogP contribution in [0.1, 0.15) is 24.9 Å². The van der Waals surface area contributed by atoms with E-state index in [1.807, 2.05) is 6.92 Å². The quantitative estimate of drug-likeness (QED) is 0.657. The van der Waals surface area contributed by atoms with E-state index in [9.17, 15) is 4.39 Å². The smallest absolute Gasteiger partial charge is 0.213 e. The van der Waals surface area contributed by atoms with Crippen molar-refractivity contribution in [3.05, 3.63) is 29.8 Å². The molecule has 3 heteroatoms. The van der Waals surface area contributed by atoms with Crippen LogP contribution in [0.25, 0.3) is 0 Å². The number of hydrogen-bond acceptors (Lipinski definition) is 2. The minimum Gasteiger partial charge on any atom is -0.324 e. The molecule has 0 amide bonds. The number of halogens is 1. The van der Waals surface area contributed by atoms with Gasteiger partial charge < -0.3 is 5.73 Å². The van der Waals surface area contributed by atoms with Gasteiger partial charge in [0.1, 0.15) is 0 Å². The summed E-state index contributed by atoms with van der Waals surface area (Å²) in [7, 11) is 0. The van der Waals surface area contributed by atoms with Gasteiger partial charge >= 0.3 is 0 Å². The fourth-order valence-electron chi connectivity index (χ4n) is 0.884. The summed E-state index contributed by atoms with van der Waals surface area (Å²) in [4.78, 5) is 3.43. The van der Waals surface area contributed by atoms with Gasteiger partial charge in [0, 0.05) is 12.2 Å². The molecule has 0 aliphatic rings. The zero-order chi connectivity index (χ0) is 8.27. The van der Waals surface area contributed by atoms with Crippen molar-refractivity contribution in [3.8, 4) is 0 Å². The third-order valence-corrected chi connectivity index (χ3v) is 1.62. The van der Waals surface area contributed by atoms with Crippen molar-refractivity contribution in [1.29, 1.82) is 0 Å². The number of nitrogens with zero attached hydrogens (tertiary/aromatic N) is 1. The standard InChI is InChI=1S/C8H11FN2/c1-2-7(10)6-3-4-11-8(9)5-6/h3-5,7H,2,10H2,1H3/t7-/m0/s1. The lowest BCUT2D eigenvalue weighted by Gasteiger charge is -2.07. The van der Waals surface area contributed by atoms with Crippen LogP contribution in [0, 0.1) is 5.95 Å². The molecule has 0 bridgehead atoms. The van der Waals surface area contributed by atoms with E-state index < -0.39 is 5.95 Å². The van der Waals surface area contributed by atoms with Crippen molar-refractivity contribution in [2.45, 2.75) is 19.4 Å². The first-order valence-corrected chi connectivity index (χ1v) is 3.61. The van der Waals surface area contributed by atoms with Gasteiger partial charge in [-0.15, -0.1) is 0 Å². The maximum absolute atomic E-state index is 12.5. The second kappa shape index (κ2) is 3.44. The molecule has 0 fully saturated rings. The summed E-state index contributed by atoms with van der Waals surface area (Å²) in [5, 5.41) is 0. The summed E-state index contributed by atoms with van der Waals surface area (Å²) in [5.74, 6) is -0.466. The molecule has 0 spiro atoms. The van der Waals surface area contributed by atoms with Crippen LogP contribution in [0.5, 0.6) is 0 Å². The van der Waals surface area contributed by atoms with E-state index in [0.29, 0.717) is 0 Å². The van der Waals surface area contributed by atoms with E-state index in [0.717, 1.165) is 12.0 Å². The van der Waals surface area contributed by atoms with Crippen molar-refractivity contribution in [2.75, 3.05) is 0 Å². The maximum Gasteiger partial charge on any atom is 0.213 e. The lowest BCUT2D eigenvalue weighted by Crippen LogP contribution is -2.08. The van der Waals surface area contributed by atoms with E-state index in [1.54, 1.807) is 6.07 Å². The Morgan fingerprint density at radius 3 is 3.00 bits per heavy atom. The van der Waals surface area contributed by atoms with Gasteiger partial charge in [-0.25, -0.2) is 4.98 Å². The minimum atomic E-state index is -0.466. The van der Waals surface area contributed by atoms with E-state index >= 15 is 0 Å². The summed E-state index contributed by atoms with van der Waals surface area (Å²) < 4.78 is 12.5. The van der Waals surface area contributed by atoms with Gasteiger partial charge in [-0.2, -0.15) is 4.39 Å². The average molecular weight is 154 g/mol. The van der Waals surface area contributed by atoms with Crippen LogP contribution >= 0.6 is 0 Å². The third-order valence-electron chi connectivity index (χ3n) is 1.62. The Hall–Kier alpha value is -0.960. The van der Waals surface area contributed by atoms with Gasteiger partial charge in [-0.3, -0.25) is 0 Å². The Bertz CT molecular complexity index is 237. The summed E-state index contributed by atoms with van der Waals surface area (Å²) in [6.45, 7) is 1.96. The van der Waals surface area contributed by atoms with Gasteiger partial charge in [0.25, 0.3) is 0 Å². The largest absolute Gasteiger partial charge is 0.324 e. The summed E-state index contributed by atoms with van der Waals surface area (Å²) in [6.07, 6.45) is 2.24. The van der Waals surface area contributed by atoms with Crippen LogP contribution in [0.4, 0.5) is 4.39 Å². The first-order valence-electron chi connectivity index (χ1n) is 3.61. The molecule has 0 aliphatic heterocycles. The molecule has 11 heavy (non-hydrogen) atoms. The van der Waals surface area contributed by atoms with Gasteiger partial charge in [0.05, 0.1) is 0 Å². The second-order valence-corrected chi connectivity index (χ2v) is 2.43. The molecular formula is C8H11FN2. The van der Waals surface area contributed by atoms with Gasteiger partial charge in [-0.05, 0) is 24.1 Å². The Morgan fingerprint density at radius 2 is 2.45 bits per heavy atom. The zero-order valence-electron chi connectivity index (χ0n) is 6.42. The van der Waals surface area contributed by atoms with Crippen LogP contribution in [0.15, 0.2) is 18.3 Å². The molecule has 0 radical (unpaired) electrons. The molecule has 60 valence electrons. The number of nitrogens with two attached hydrogens (primary N) is 1. The molecule has 1 atom stereocenters. The third kappa shape index (κ3) is 1.98. The summed E-state index contributed by atoms with van der Waals surface area (Å²) >= 11 is 0. The van der Waals surface area contributed by atoms with Crippen molar-refractivity contribution in [2.24, 2.45) is 5.73 Å². The van der Waals surface area contributed by atoms with E-state index in [1.165, 1.54) is 12.3 Å². The van der Waals surface area contributed by atoms with Crippen molar-refractivity contribution >= 4 is 0 Å². The lowest BCUT2D eigenvalue weighted by molar-refractivity contribution is 0.575. The van der Waals surface area contributed by atoms with E-state index in [-0.39, 0.29) is 6.04 Å². The predicted molar refractivity (Wildman–Crippen MR) is 41.4 cm³/mol. The highest BCUT2D eigenvalue weighted by Gasteiger charge is 2.03. The Kier molecular flexibility index (Phi) is 2.54. The molecule has 1 aromatic rings. The first-order chi connectivity index (χ1) is 5.24. The molecule has 0 aliphatic carbocycles. The van der Waals surface area contributed by atoms with E-state index in [2.05, 4.69) is 4.98 Å². The number of aromatic nitrogens is 1. The van der Waals surface area contributed by atoms with Gasteiger partial charge in [-0.1, -0.05) is 6.92 Å². The molecule has 0 aromatic carbocycles. The van der Waals surface area contributed by atoms with Gasteiger partial charge in [0.15, 0.2) is 0 Å². The normalized spacial score (nSPS) is 13.0. The van der Waals surface area contributed by atoms with Crippen LogP contribution in [0.3, 0.4) is 0 Å². The molecule has 2 nitrogen and oxygen atoms in total. The molecule has 1 rings (SSSR count). The number of rotatable bonds is 2. The van der Waals surface area contributed by atoms with Crippen molar-refractivity contribution < 1.29 is 4.39 Å². The molecule has 0 saturated carbocycles. The lowest BCUT2D eigenvalue weighted by atomic mass is 10.1. The monoisotopic (exact) mass is 154 g/mol. The molecule has 2 N–H and O–H groups in total. The highest BCUT2D eigenvalue weighted by Crippen LogP contribution is 2.12. The van der Waals surface area contributed by atoms with Crippen molar-refractivity contribution in [1.82, 2.24) is 4.98 Å². The van der Waals surface area contributed by atoms with Crippen molar-refractivity contribution in [3.63, 3.8) is 0 Å². The maximum atomic E-state index is 12.5. The van der Waals surface area contributed by atoms with Crippen LogP contribution in [-0.2, 0) is 0 Å². The van der Waals surface area contributed by atoms with Crippen LogP contribution < -0.4 is 5.73 Å². The predicted octanol–water partition coefficient (Wildman–Crippen LogP) is 1.63. The molecule has 0 unspecified atom stereocenters. The Balaban J connectivity index is 2.86. The van der Waals surface area contributed by atoms with Gasteiger partial charge in [0.2, 0.25) is 5.95 Å². The second-order valence-electron chi connectivity index (χ2n) is 2.43. The fraction of sp³-hybridized carbons (Fsp3) is 0.375. The number of hydrogen-bond donors (Lipinski definition) is 1. The zero-order valence-corrected chi connectivity index (χ0v) is 6.42. The number of pyridine rings is 1. The molecule has 0 saturated heterocycles. The van der Waals surface area contributed by atoms with Crippen LogP contribution in [0.2, 0.25) is 0 Å². The average Bonchev–Trinajstić information content (AvgIpc) is 2.03. The van der Waals surface area contributed by atoms with E-state index in [4.69, 9.17) is 5.73 Å². The summed E-state index contributed by atoms with van der Waals surface area (Å²) in [5.41, 5.74) is 6.47. The van der Waals surface area contributed by atoms with Crippen LogP contribution in [-0.4, -0.2) is 4.98 Å². The minimum absolute atomic E-state index is 0.0764. The molecule has 1 heterocycles. The fourth-order valence-corrected chi connectivity index (χ4v) is 0.884. The molecule has 1 aromatic heterocycles. The molecular weight excluding hydrogens is 143 g/mol. The SMILES string of the molecule is CC[C@H](N)c1ccnc(F)c1. The Morgan fingerprint density at radius 1 is 1.73 bits per heavy atom. The highest BCUT2D eigenvalue weighted by molar-refractivity contribution is 5.14. The Labute approximate surface area is 65.3 Å².